The summed E-state index contributed by atoms with van der Waals surface area (Å²) in [6, 6.07) is 18.3. The van der Waals surface area contributed by atoms with Crippen molar-refractivity contribution < 1.29 is 14.9 Å². The van der Waals surface area contributed by atoms with Crippen molar-refractivity contribution in [2.45, 2.75) is 23.0 Å². The summed E-state index contributed by atoms with van der Waals surface area (Å²) in [6.07, 6.45) is -1.63. The summed E-state index contributed by atoms with van der Waals surface area (Å²) in [5.41, 5.74) is 1.48. The van der Waals surface area contributed by atoms with Gasteiger partial charge >= 0.3 is 0 Å². The van der Waals surface area contributed by atoms with E-state index in [9.17, 15) is 10.2 Å². The molecular formula is C18H20Cl2O3. The Hall–Kier alpha value is -1.10. The second-order valence-electron chi connectivity index (χ2n) is 5.28. The van der Waals surface area contributed by atoms with E-state index in [0.717, 1.165) is 11.1 Å². The maximum absolute atomic E-state index is 10.1. The van der Waals surface area contributed by atoms with Crippen molar-refractivity contribution in [1.29, 1.82) is 0 Å². The standard InChI is InChI=1S/C18H20Cl2O3/c19-15(17(21)13-7-3-1-4-8-13)11-23-12-16(20)18(22)14-9-5-2-6-10-14/h1-10,15-18,21-22H,11-12H2. The number of ether oxygens (including phenoxy) is 1. The first-order valence-corrected chi connectivity index (χ1v) is 8.28. The summed E-state index contributed by atoms with van der Waals surface area (Å²) in [4.78, 5) is 0. The third-order valence-corrected chi connectivity index (χ3v) is 4.25. The van der Waals surface area contributed by atoms with Gasteiger partial charge < -0.3 is 14.9 Å². The van der Waals surface area contributed by atoms with Crippen molar-refractivity contribution >= 4 is 23.2 Å². The lowest BCUT2D eigenvalue weighted by Crippen LogP contribution is -2.24. The van der Waals surface area contributed by atoms with E-state index in [1.807, 2.05) is 60.7 Å². The summed E-state index contributed by atoms with van der Waals surface area (Å²) in [7, 11) is 0. The van der Waals surface area contributed by atoms with Crippen molar-refractivity contribution in [2.75, 3.05) is 13.2 Å². The fourth-order valence-electron chi connectivity index (χ4n) is 2.19. The molecule has 0 aliphatic heterocycles. The number of hydrogen-bond donors (Lipinski definition) is 2. The number of benzene rings is 2. The zero-order valence-corrected chi connectivity index (χ0v) is 14.1. The second kappa shape index (κ2) is 9.26. The molecule has 0 spiro atoms. The Morgan fingerprint density at radius 1 is 0.696 bits per heavy atom. The Morgan fingerprint density at radius 2 is 1.04 bits per heavy atom. The van der Waals surface area contributed by atoms with Crippen molar-refractivity contribution in [1.82, 2.24) is 0 Å². The molecule has 0 aliphatic rings. The molecule has 2 N–H and O–H groups in total. The van der Waals surface area contributed by atoms with Gasteiger partial charge in [-0.3, -0.25) is 0 Å². The summed E-state index contributed by atoms with van der Waals surface area (Å²) < 4.78 is 5.46. The van der Waals surface area contributed by atoms with Crippen LogP contribution in [0.2, 0.25) is 0 Å². The average molecular weight is 355 g/mol. The van der Waals surface area contributed by atoms with Crippen LogP contribution in [0, 0.1) is 0 Å². The highest BCUT2D eigenvalue weighted by molar-refractivity contribution is 6.21. The van der Waals surface area contributed by atoms with Gasteiger partial charge in [0, 0.05) is 0 Å². The monoisotopic (exact) mass is 354 g/mol. The van der Waals surface area contributed by atoms with Crippen LogP contribution in [-0.2, 0) is 4.74 Å². The van der Waals surface area contributed by atoms with Gasteiger partial charge in [-0.1, -0.05) is 60.7 Å². The lowest BCUT2D eigenvalue weighted by molar-refractivity contribution is 0.0626. The normalized spacial score (nSPS) is 16.5. The minimum absolute atomic E-state index is 0.141. The Morgan fingerprint density at radius 3 is 1.39 bits per heavy atom. The minimum atomic E-state index is -0.814. The smallest absolute Gasteiger partial charge is 0.0976 e. The summed E-state index contributed by atoms with van der Waals surface area (Å²) in [5.74, 6) is 0. The molecule has 23 heavy (non-hydrogen) atoms. The molecule has 4 atom stereocenters. The van der Waals surface area contributed by atoms with Crippen LogP contribution in [0.25, 0.3) is 0 Å². The van der Waals surface area contributed by atoms with Gasteiger partial charge in [-0.25, -0.2) is 0 Å². The van der Waals surface area contributed by atoms with Crippen molar-refractivity contribution in [3.63, 3.8) is 0 Å². The third kappa shape index (κ3) is 5.48. The molecule has 0 saturated carbocycles. The topological polar surface area (TPSA) is 49.7 Å². The number of aliphatic hydroxyl groups excluding tert-OH is 2. The maximum Gasteiger partial charge on any atom is 0.0976 e. The first-order chi connectivity index (χ1) is 11.1. The van der Waals surface area contributed by atoms with Gasteiger partial charge in [-0.15, -0.1) is 23.2 Å². The van der Waals surface area contributed by atoms with E-state index in [1.165, 1.54) is 0 Å². The average Bonchev–Trinajstić information content (AvgIpc) is 2.61. The molecule has 2 aromatic rings. The molecule has 0 heterocycles. The number of rotatable bonds is 8. The predicted octanol–water partition coefficient (Wildman–Crippen LogP) is 3.69. The van der Waals surface area contributed by atoms with E-state index in [4.69, 9.17) is 27.9 Å². The molecule has 2 aromatic carbocycles. The van der Waals surface area contributed by atoms with Crippen LogP contribution < -0.4 is 0 Å². The van der Waals surface area contributed by atoms with Gasteiger partial charge in [0.25, 0.3) is 0 Å². The highest BCUT2D eigenvalue weighted by Crippen LogP contribution is 2.23. The van der Waals surface area contributed by atoms with Gasteiger partial charge in [0.2, 0.25) is 0 Å². The molecule has 2 rings (SSSR count). The van der Waals surface area contributed by atoms with Crippen molar-refractivity contribution in [3.8, 4) is 0 Å². The van der Waals surface area contributed by atoms with Crippen LogP contribution in [0.1, 0.15) is 23.3 Å². The Balaban J connectivity index is 1.78. The predicted molar refractivity (Wildman–Crippen MR) is 92.9 cm³/mol. The first kappa shape index (κ1) is 18.2. The molecule has 0 saturated heterocycles. The van der Waals surface area contributed by atoms with E-state index < -0.39 is 23.0 Å². The largest absolute Gasteiger partial charge is 0.387 e. The van der Waals surface area contributed by atoms with E-state index in [1.54, 1.807) is 0 Å². The molecule has 0 fully saturated rings. The van der Waals surface area contributed by atoms with Crippen LogP contribution in [0.15, 0.2) is 60.7 Å². The van der Waals surface area contributed by atoms with Crippen LogP contribution in [0.4, 0.5) is 0 Å². The molecule has 3 nitrogen and oxygen atoms in total. The highest BCUT2D eigenvalue weighted by Gasteiger charge is 2.22. The number of hydrogen-bond acceptors (Lipinski definition) is 3. The second-order valence-corrected chi connectivity index (χ2v) is 6.40. The zero-order valence-electron chi connectivity index (χ0n) is 12.6. The summed E-state index contributed by atoms with van der Waals surface area (Å²) in [5, 5.41) is 19.1. The molecule has 4 unspecified atom stereocenters. The van der Waals surface area contributed by atoms with Crippen molar-refractivity contribution in [2.24, 2.45) is 0 Å². The maximum atomic E-state index is 10.1. The fourth-order valence-corrected chi connectivity index (χ4v) is 2.66. The fraction of sp³-hybridized carbons (Fsp3) is 0.333. The van der Waals surface area contributed by atoms with E-state index in [-0.39, 0.29) is 13.2 Å². The van der Waals surface area contributed by atoms with Crippen LogP contribution in [-0.4, -0.2) is 34.2 Å². The van der Waals surface area contributed by atoms with Crippen molar-refractivity contribution in [3.05, 3.63) is 71.8 Å². The van der Waals surface area contributed by atoms with Gasteiger partial charge in [0.1, 0.15) is 0 Å². The van der Waals surface area contributed by atoms with E-state index in [0.29, 0.717) is 0 Å². The SMILES string of the molecule is OC(c1ccccc1)C(Cl)COCC(Cl)C(O)c1ccccc1. The zero-order chi connectivity index (χ0) is 16.7. The Bertz CT molecular complexity index is 513. The molecular weight excluding hydrogens is 335 g/mol. The summed E-state index contributed by atoms with van der Waals surface area (Å²) in [6.45, 7) is 0.282. The number of halogens is 2. The molecule has 0 amide bonds. The van der Waals surface area contributed by atoms with E-state index >= 15 is 0 Å². The molecule has 0 aliphatic carbocycles. The first-order valence-electron chi connectivity index (χ1n) is 7.41. The van der Waals surface area contributed by atoms with E-state index in [2.05, 4.69) is 0 Å². The lowest BCUT2D eigenvalue weighted by atomic mass is 10.1. The lowest BCUT2D eigenvalue weighted by Gasteiger charge is -2.20. The van der Waals surface area contributed by atoms with Gasteiger partial charge in [-0.2, -0.15) is 0 Å². The molecule has 5 heteroatoms. The van der Waals surface area contributed by atoms with Crippen LogP contribution in [0.3, 0.4) is 0 Å². The van der Waals surface area contributed by atoms with Crippen LogP contribution >= 0.6 is 23.2 Å². The highest BCUT2D eigenvalue weighted by atomic mass is 35.5. The van der Waals surface area contributed by atoms with Crippen LogP contribution in [0.5, 0.6) is 0 Å². The molecule has 0 aromatic heterocycles. The number of aliphatic hydroxyl groups is 2. The molecule has 0 radical (unpaired) electrons. The minimum Gasteiger partial charge on any atom is -0.387 e. The van der Waals surface area contributed by atoms with Gasteiger partial charge in [0.15, 0.2) is 0 Å². The Kier molecular flexibility index (Phi) is 7.34. The molecule has 0 bridgehead atoms. The quantitative estimate of drug-likeness (QED) is 0.710. The van der Waals surface area contributed by atoms with Gasteiger partial charge in [0.05, 0.1) is 36.2 Å². The molecule has 124 valence electrons. The summed E-state index contributed by atoms with van der Waals surface area (Å²) >= 11 is 12.3. The number of alkyl halides is 2. The Labute approximate surface area is 146 Å². The van der Waals surface area contributed by atoms with Gasteiger partial charge in [-0.05, 0) is 11.1 Å². The third-order valence-electron chi connectivity index (χ3n) is 3.52.